The molecular weight excluding hydrogens is 1420 g/mol. The van der Waals surface area contributed by atoms with Crippen LogP contribution in [0.15, 0.2) is 450 Å². The molecule has 0 saturated heterocycles. The monoisotopic (exact) mass is 1490 g/mol. The summed E-state index contributed by atoms with van der Waals surface area (Å²) in [6.07, 6.45) is 1.81. The van der Waals surface area contributed by atoms with Crippen molar-refractivity contribution in [2.75, 3.05) is 0 Å². The Morgan fingerprint density at radius 2 is 0.547 bits per heavy atom. The lowest BCUT2D eigenvalue weighted by molar-refractivity contribution is 0.617. The number of para-hydroxylation sites is 2. The van der Waals surface area contributed by atoms with Crippen LogP contribution >= 0.6 is 0 Å². The summed E-state index contributed by atoms with van der Waals surface area (Å²) >= 11 is 0. The molecule has 3 heteroatoms. The van der Waals surface area contributed by atoms with E-state index < -0.39 is 6.04 Å². The van der Waals surface area contributed by atoms with Crippen molar-refractivity contribution in [3.05, 3.63) is 437 Å². The zero-order valence-corrected chi connectivity index (χ0v) is 63.4. The fraction of sp³-hybridized carbons (Fsp3) is 0. The van der Waals surface area contributed by atoms with Crippen molar-refractivity contribution in [2.24, 2.45) is 0 Å². The van der Waals surface area contributed by atoms with Gasteiger partial charge in [-0.15, -0.1) is 0 Å². The second kappa shape index (κ2) is 29.0. The highest BCUT2D eigenvalue weighted by Crippen LogP contribution is 2.53. The van der Waals surface area contributed by atoms with Crippen LogP contribution in [0.2, 0.25) is 0 Å². The lowest BCUT2D eigenvalue weighted by atomic mass is 9.84. The summed E-state index contributed by atoms with van der Waals surface area (Å²) in [5.41, 5.74) is 23.7. The smallest absolute Gasteiger partial charge is 0.143 e. The highest BCUT2D eigenvalue weighted by Gasteiger charge is 2.26. The van der Waals surface area contributed by atoms with Crippen LogP contribution in [0.25, 0.3) is 230 Å². The number of hydrogen-bond acceptors (Lipinski definition) is 3. The zero-order valence-electron chi connectivity index (χ0n) is 68.4. The SMILES string of the molecule is [2H]c1c([2H])c([2H])c(-c2c3ccccc3c(-c3cc(-c4ccccc4)cc4oc5ccccc5c34)c3ccccc23)c([2H])c1[2H].c1ccc(-c2c3ccccc3c(-c3ccc(-c4ccc5ccccc5c4)c4oc5ccccc5c34)c3ccccc23)cc1.c1ccc(-c2c3ccccc3c(-c3ccc(-c4ccccc4)c4occc34)c3ccccc23)cc1. The van der Waals surface area contributed by atoms with Gasteiger partial charge in [-0.25, -0.2) is 0 Å². The van der Waals surface area contributed by atoms with E-state index in [4.69, 9.17) is 20.1 Å². The van der Waals surface area contributed by atoms with Crippen LogP contribution in [0.3, 0.4) is 0 Å². The molecule has 546 valence electrons. The Morgan fingerprint density at radius 3 is 1.05 bits per heavy atom. The van der Waals surface area contributed by atoms with Gasteiger partial charge in [0.15, 0.2) is 0 Å². The predicted octanol–water partition coefficient (Wildman–Crippen LogP) is 32.7. The molecule has 21 aromatic carbocycles. The molecule has 0 N–H and O–H groups in total. The summed E-state index contributed by atoms with van der Waals surface area (Å²) in [5.74, 6) is 0. The van der Waals surface area contributed by atoms with Crippen LogP contribution in [0.4, 0.5) is 0 Å². The fourth-order valence-corrected chi connectivity index (χ4v) is 18.3. The van der Waals surface area contributed by atoms with Gasteiger partial charge < -0.3 is 13.3 Å². The molecule has 24 aromatic rings. The summed E-state index contributed by atoms with van der Waals surface area (Å²) in [6, 6.07) is 139. The van der Waals surface area contributed by atoms with Gasteiger partial charge in [-0.05, 0) is 213 Å². The molecule has 0 saturated carbocycles. The lowest BCUT2D eigenvalue weighted by Crippen LogP contribution is -1.92. The van der Waals surface area contributed by atoms with Crippen molar-refractivity contribution < 1.29 is 20.1 Å². The second-order valence-corrected chi connectivity index (χ2v) is 29.8. The molecule has 0 unspecified atom stereocenters. The first kappa shape index (κ1) is 63.1. The molecule has 3 aromatic heterocycles. The normalized spacial score (nSPS) is 12.2. The molecule has 3 heterocycles. The van der Waals surface area contributed by atoms with Crippen molar-refractivity contribution in [3.63, 3.8) is 0 Å². The summed E-state index contributed by atoms with van der Waals surface area (Å²) in [5, 5.41) is 21.4. The number of rotatable bonds is 9. The molecule has 0 radical (unpaired) electrons. The molecule has 117 heavy (non-hydrogen) atoms. The van der Waals surface area contributed by atoms with Crippen molar-refractivity contribution >= 4 is 130 Å². The lowest BCUT2D eigenvalue weighted by Gasteiger charge is -2.19. The van der Waals surface area contributed by atoms with Crippen LogP contribution in [0.5, 0.6) is 0 Å². The van der Waals surface area contributed by atoms with E-state index in [0.717, 1.165) is 121 Å². The molecule has 0 aliphatic rings. The van der Waals surface area contributed by atoms with Crippen molar-refractivity contribution in [2.45, 2.75) is 0 Å². The molecular formula is C114H72O3. The van der Waals surface area contributed by atoms with Crippen LogP contribution in [0.1, 0.15) is 6.85 Å². The Hall–Kier alpha value is -15.4. The Bertz CT molecular complexity index is 8120. The van der Waals surface area contributed by atoms with E-state index in [9.17, 15) is 0 Å². The molecule has 0 amide bonds. The van der Waals surface area contributed by atoms with E-state index in [0.29, 0.717) is 5.56 Å². The van der Waals surface area contributed by atoms with Gasteiger partial charge in [0.2, 0.25) is 0 Å². The maximum absolute atomic E-state index is 8.86. The predicted molar refractivity (Wildman–Crippen MR) is 495 cm³/mol. The average Bonchev–Trinajstić information content (AvgIpc) is 1.40. The first-order valence-corrected chi connectivity index (χ1v) is 39.7. The first-order valence-electron chi connectivity index (χ1n) is 42.2. The molecule has 0 aliphatic heterocycles. The Balaban J connectivity index is 0.000000110. The maximum Gasteiger partial charge on any atom is 0.143 e. The number of fused-ring (bicyclic) bond motifs is 14. The number of benzene rings is 21. The Labute approximate surface area is 683 Å². The Morgan fingerprint density at radius 1 is 0.179 bits per heavy atom. The second-order valence-electron chi connectivity index (χ2n) is 29.8. The van der Waals surface area contributed by atoms with Crippen LogP contribution < -0.4 is 0 Å². The largest absolute Gasteiger partial charge is 0.464 e. The zero-order chi connectivity index (χ0) is 81.6. The fourth-order valence-electron chi connectivity index (χ4n) is 18.3. The van der Waals surface area contributed by atoms with Gasteiger partial charge in [-0.1, -0.05) is 382 Å². The third-order valence-electron chi connectivity index (χ3n) is 23.4. The van der Waals surface area contributed by atoms with E-state index in [2.05, 4.69) is 322 Å². The first-order chi connectivity index (χ1) is 60.2. The minimum absolute atomic E-state index is 0.201. The van der Waals surface area contributed by atoms with E-state index >= 15 is 0 Å². The van der Waals surface area contributed by atoms with Gasteiger partial charge in [-0.3, -0.25) is 0 Å². The molecule has 0 fully saturated rings. The van der Waals surface area contributed by atoms with Crippen LogP contribution in [0, 0.1) is 0 Å². The molecule has 3 nitrogen and oxygen atoms in total. The standard InChI is InChI=1S/C42H26O.C38H24O.C34H22O/c1-2-13-28(14-3-1)39-32-16-6-8-18-34(32)40(35-19-9-7-17-33(35)39)37-25-24-31(30-23-22-27-12-4-5-15-29(27)26-30)42-41(37)36-20-10-11-21-38(36)43-42;1-3-13-25(14-4-1)27-23-33(38-32-21-11-12-22-34(32)39-35(38)24-27)37-30-19-9-7-17-28(30)36(26-15-5-2-6-16-26)29-18-8-10-20-31(29)37;1-3-11-23(12-4-1)25-19-20-30(31-21-22-35-34(25)31)33-28-17-9-7-15-26(28)32(24-13-5-2-6-14-24)27-16-8-10-18-29(27)33/h1-26H;1-24H;1-22H/i;2D,5D,6D,15D,16D;. The highest BCUT2D eigenvalue weighted by atomic mass is 16.3. The third kappa shape index (κ3) is 11.7. The van der Waals surface area contributed by atoms with Gasteiger partial charge >= 0.3 is 0 Å². The van der Waals surface area contributed by atoms with Gasteiger partial charge in [0.05, 0.1) is 13.1 Å². The van der Waals surface area contributed by atoms with E-state index in [1.807, 2.05) is 85.1 Å². The van der Waals surface area contributed by atoms with Gasteiger partial charge in [0.1, 0.15) is 27.9 Å². The quantitative estimate of drug-likeness (QED) is 0.135. The number of furan rings is 3. The summed E-state index contributed by atoms with van der Waals surface area (Å²) in [4.78, 5) is 0. The third-order valence-corrected chi connectivity index (χ3v) is 23.4. The highest BCUT2D eigenvalue weighted by molar-refractivity contribution is 6.29. The number of hydrogen-bond donors (Lipinski definition) is 0. The molecule has 0 bridgehead atoms. The average molecular weight is 1490 g/mol. The minimum atomic E-state index is -0.402. The van der Waals surface area contributed by atoms with Crippen LogP contribution in [-0.2, 0) is 0 Å². The molecule has 24 rings (SSSR count). The van der Waals surface area contributed by atoms with Gasteiger partial charge in [0.25, 0.3) is 0 Å². The maximum atomic E-state index is 8.86. The Kier molecular flexibility index (Phi) is 15.6. The van der Waals surface area contributed by atoms with E-state index in [1.165, 1.54) is 98.4 Å². The molecule has 0 spiro atoms. The van der Waals surface area contributed by atoms with E-state index in [1.54, 1.807) is 0 Å². The van der Waals surface area contributed by atoms with Gasteiger partial charge in [-0.2, -0.15) is 0 Å². The van der Waals surface area contributed by atoms with Crippen molar-refractivity contribution in [3.8, 4) is 100 Å². The molecule has 0 aliphatic carbocycles. The summed E-state index contributed by atoms with van der Waals surface area (Å²) < 4.78 is 62.0. The minimum Gasteiger partial charge on any atom is -0.464 e. The van der Waals surface area contributed by atoms with E-state index in [-0.39, 0.29) is 29.7 Å². The molecule has 0 atom stereocenters. The topological polar surface area (TPSA) is 39.4 Å². The van der Waals surface area contributed by atoms with Gasteiger partial charge in [0, 0.05) is 38.1 Å². The summed E-state index contributed by atoms with van der Waals surface area (Å²) in [7, 11) is 0. The summed E-state index contributed by atoms with van der Waals surface area (Å²) in [6.45, 7) is 0. The van der Waals surface area contributed by atoms with Crippen LogP contribution in [-0.4, -0.2) is 0 Å². The van der Waals surface area contributed by atoms with Crippen molar-refractivity contribution in [1.29, 1.82) is 0 Å². The van der Waals surface area contributed by atoms with Crippen molar-refractivity contribution in [1.82, 2.24) is 0 Å².